The highest BCUT2D eigenvalue weighted by Crippen LogP contribution is 2.40. The summed E-state index contributed by atoms with van der Waals surface area (Å²) in [6.45, 7) is 10.4. The van der Waals surface area contributed by atoms with Gasteiger partial charge in [-0.25, -0.2) is 4.79 Å². The van der Waals surface area contributed by atoms with Gasteiger partial charge < -0.3 is 10.1 Å². The minimum Gasteiger partial charge on any atom is -0.467 e. The second-order valence-electron chi connectivity index (χ2n) is 8.76. The van der Waals surface area contributed by atoms with Crippen LogP contribution in [0, 0.1) is 5.41 Å². The molecule has 0 bridgehead atoms. The molecule has 1 aliphatic rings. The van der Waals surface area contributed by atoms with E-state index in [9.17, 15) is 18.0 Å². The van der Waals surface area contributed by atoms with Crippen molar-refractivity contribution in [2.75, 3.05) is 12.9 Å². The van der Waals surface area contributed by atoms with Gasteiger partial charge in [-0.1, -0.05) is 55.4 Å². The maximum atomic E-state index is 12.1. The molecule has 1 atom stereocenters. The summed E-state index contributed by atoms with van der Waals surface area (Å²) in [5.41, 5.74) is 4.65. The third kappa shape index (κ3) is 9.78. The molecule has 1 amide bonds. The minimum atomic E-state index is -4.47. The number of nitrogens with one attached hydrogen (secondary N) is 1. The van der Waals surface area contributed by atoms with Crippen molar-refractivity contribution < 1.29 is 27.3 Å². The molecular formula is C24H35NO6S. The average molecular weight is 466 g/mol. The van der Waals surface area contributed by atoms with Gasteiger partial charge in [-0.2, -0.15) is 8.42 Å². The minimum absolute atomic E-state index is 0.180. The average Bonchev–Trinajstić information content (AvgIpc) is 2.64. The fraction of sp³-hybridized carbons (Fsp3) is 0.500. The van der Waals surface area contributed by atoms with E-state index in [0.29, 0.717) is 5.57 Å². The predicted molar refractivity (Wildman–Crippen MR) is 126 cm³/mol. The molecule has 8 heteroatoms. The largest absolute Gasteiger partial charge is 0.467 e. The van der Waals surface area contributed by atoms with E-state index in [0.717, 1.165) is 19.1 Å². The first-order valence-corrected chi connectivity index (χ1v) is 12.1. The number of esters is 1. The van der Waals surface area contributed by atoms with Gasteiger partial charge in [0, 0.05) is 6.08 Å². The second kappa shape index (κ2) is 12.0. The number of hydrogen-bond acceptors (Lipinski definition) is 5. The molecule has 0 aromatic heterocycles. The zero-order chi connectivity index (χ0) is 24.5. The van der Waals surface area contributed by atoms with Crippen LogP contribution >= 0.6 is 0 Å². The van der Waals surface area contributed by atoms with E-state index in [-0.39, 0.29) is 5.41 Å². The zero-order valence-corrected chi connectivity index (χ0v) is 20.6. The first-order chi connectivity index (χ1) is 14.7. The number of carbonyl (C=O) groups excluding carboxylic acids is 2. The molecular weight excluding hydrogens is 430 g/mol. The van der Waals surface area contributed by atoms with Crippen molar-refractivity contribution in [3.63, 3.8) is 0 Å². The van der Waals surface area contributed by atoms with Crippen molar-refractivity contribution in [1.29, 1.82) is 0 Å². The molecule has 0 saturated heterocycles. The Kier molecular flexibility index (Phi) is 10.3. The third-order valence-electron chi connectivity index (χ3n) is 5.31. The Bertz CT molecular complexity index is 964. The molecule has 0 fully saturated rings. The molecule has 0 unspecified atom stereocenters. The first-order valence-electron chi connectivity index (χ1n) is 10.5. The maximum absolute atomic E-state index is 12.1. The van der Waals surface area contributed by atoms with E-state index in [1.807, 2.05) is 19.1 Å². The zero-order valence-electron chi connectivity index (χ0n) is 19.8. The summed E-state index contributed by atoms with van der Waals surface area (Å²) < 4.78 is 35.5. The van der Waals surface area contributed by atoms with Crippen LogP contribution < -0.4 is 5.32 Å². The molecule has 32 heavy (non-hydrogen) atoms. The van der Waals surface area contributed by atoms with E-state index >= 15 is 0 Å². The van der Waals surface area contributed by atoms with Crippen LogP contribution in [0.4, 0.5) is 0 Å². The highest BCUT2D eigenvalue weighted by molar-refractivity contribution is 7.85. The van der Waals surface area contributed by atoms with Crippen molar-refractivity contribution in [2.45, 2.75) is 59.9 Å². The van der Waals surface area contributed by atoms with Crippen LogP contribution in [0.2, 0.25) is 0 Å². The summed E-state index contributed by atoms with van der Waals surface area (Å²) in [6, 6.07) is -1.50. The summed E-state index contributed by atoms with van der Waals surface area (Å²) in [5, 5.41) is 2.23. The number of methoxy groups -OCH3 is 1. The van der Waals surface area contributed by atoms with Gasteiger partial charge in [-0.05, 0) is 56.6 Å². The normalized spacial score (nSPS) is 18.8. The Morgan fingerprint density at radius 2 is 1.88 bits per heavy atom. The standard InChI is InChI=1S/C24H35NO6S/c1-17(12-13-20-19(3)11-8-14-24(20,4)5)9-7-10-18(2)15-22(26)25-21(23(27)31-6)16-32(28,29)30/h7,9-10,12-13,15,21H,8,11,14,16H2,1-6H3,(H,25,26)(H,28,29,30)/b10-7+,13-12+,17-9+,18-15-/t21-/m1/s1. The van der Waals surface area contributed by atoms with Crippen molar-refractivity contribution >= 4 is 22.0 Å². The molecule has 178 valence electrons. The number of amides is 1. The lowest BCUT2D eigenvalue weighted by atomic mass is 9.72. The third-order valence-corrected chi connectivity index (χ3v) is 6.07. The predicted octanol–water partition coefficient (Wildman–Crippen LogP) is 4.06. The molecule has 0 aliphatic heterocycles. The lowest BCUT2D eigenvalue weighted by Gasteiger charge is -2.32. The molecule has 1 rings (SSSR count). The Morgan fingerprint density at radius 1 is 1.22 bits per heavy atom. The summed E-state index contributed by atoms with van der Waals surface area (Å²) in [5.74, 6) is -2.60. The van der Waals surface area contributed by atoms with E-state index in [2.05, 4.69) is 43.0 Å². The summed E-state index contributed by atoms with van der Waals surface area (Å²) in [4.78, 5) is 23.7. The van der Waals surface area contributed by atoms with E-state index in [4.69, 9.17) is 4.55 Å². The Morgan fingerprint density at radius 3 is 2.44 bits per heavy atom. The molecule has 1 aliphatic carbocycles. The summed E-state index contributed by atoms with van der Waals surface area (Å²) >= 11 is 0. The van der Waals surface area contributed by atoms with Gasteiger partial charge in [-0.15, -0.1) is 0 Å². The van der Waals surface area contributed by atoms with Crippen LogP contribution in [0.3, 0.4) is 0 Å². The maximum Gasteiger partial charge on any atom is 0.329 e. The molecule has 0 heterocycles. The molecule has 0 aromatic carbocycles. The van der Waals surface area contributed by atoms with Crippen LogP contribution in [0.25, 0.3) is 0 Å². The number of rotatable bonds is 9. The van der Waals surface area contributed by atoms with Gasteiger partial charge in [0.15, 0.2) is 0 Å². The quantitative estimate of drug-likeness (QED) is 0.230. The van der Waals surface area contributed by atoms with Gasteiger partial charge in [0.05, 0.1) is 7.11 Å². The van der Waals surface area contributed by atoms with Crippen LogP contribution in [0.15, 0.2) is 58.7 Å². The van der Waals surface area contributed by atoms with Gasteiger partial charge in [0.2, 0.25) is 5.91 Å². The molecule has 0 radical (unpaired) electrons. The lowest BCUT2D eigenvalue weighted by Crippen LogP contribution is -2.45. The van der Waals surface area contributed by atoms with Crippen molar-refractivity contribution in [1.82, 2.24) is 5.32 Å². The Hall–Kier alpha value is -2.45. The molecule has 0 saturated carbocycles. The number of allylic oxidation sites excluding steroid dienone is 9. The van der Waals surface area contributed by atoms with Crippen molar-refractivity contribution in [3.8, 4) is 0 Å². The van der Waals surface area contributed by atoms with Crippen molar-refractivity contribution in [3.05, 3.63) is 58.7 Å². The Labute approximate surface area is 191 Å². The van der Waals surface area contributed by atoms with E-state index < -0.39 is 33.8 Å². The fourth-order valence-corrected chi connectivity index (χ4v) is 4.26. The highest BCUT2D eigenvalue weighted by Gasteiger charge is 2.27. The van der Waals surface area contributed by atoms with Crippen molar-refractivity contribution in [2.24, 2.45) is 5.41 Å². The fourth-order valence-electron chi connectivity index (χ4n) is 3.62. The number of ether oxygens (including phenoxy) is 1. The molecule has 7 nitrogen and oxygen atoms in total. The lowest BCUT2D eigenvalue weighted by molar-refractivity contribution is -0.143. The first kappa shape index (κ1) is 27.6. The highest BCUT2D eigenvalue weighted by atomic mass is 32.2. The van der Waals surface area contributed by atoms with Gasteiger partial charge >= 0.3 is 5.97 Å². The second-order valence-corrected chi connectivity index (χ2v) is 10.3. The monoisotopic (exact) mass is 465 g/mol. The van der Waals surface area contributed by atoms with E-state index in [1.165, 1.54) is 30.1 Å². The van der Waals surface area contributed by atoms with E-state index in [1.54, 1.807) is 13.0 Å². The smallest absolute Gasteiger partial charge is 0.329 e. The summed E-state index contributed by atoms with van der Waals surface area (Å²) in [7, 11) is -3.41. The van der Waals surface area contributed by atoms with Crippen LogP contribution in [0.5, 0.6) is 0 Å². The van der Waals surface area contributed by atoms with Crippen LogP contribution in [0.1, 0.15) is 53.9 Å². The summed E-state index contributed by atoms with van der Waals surface area (Å²) in [6.07, 6.45) is 14.5. The van der Waals surface area contributed by atoms with Gasteiger partial charge in [0.1, 0.15) is 11.8 Å². The van der Waals surface area contributed by atoms with Crippen LogP contribution in [-0.2, 0) is 24.4 Å². The molecule has 0 spiro atoms. The SMILES string of the molecule is COC(=O)[C@@H](CS(=O)(=O)O)NC(=O)\C=C(C)/C=C/C=C(C)/C=C/C1=C(C)CCCC1(C)C. The molecule has 0 aromatic rings. The number of hydrogen-bond donors (Lipinski definition) is 2. The van der Waals surface area contributed by atoms with Gasteiger partial charge in [-0.3, -0.25) is 9.35 Å². The molecule has 2 N–H and O–H groups in total. The Balaban J connectivity index is 2.80. The van der Waals surface area contributed by atoms with Crippen LogP contribution in [-0.4, -0.2) is 43.8 Å². The number of carbonyl (C=O) groups is 2. The van der Waals surface area contributed by atoms with Gasteiger partial charge in [0.25, 0.3) is 10.1 Å². The topological polar surface area (TPSA) is 110 Å².